The quantitative estimate of drug-likeness (QED) is 0.580. The lowest BCUT2D eigenvalue weighted by atomic mass is 10.1. The summed E-state index contributed by atoms with van der Waals surface area (Å²) < 4.78 is 32.4. The molecule has 4 nitrogen and oxygen atoms in total. The Balaban J connectivity index is 0.000000191. The van der Waals surface area contributed by atoms with Gasteiger partial charge in [-0.2, -0.15) is 0 Å². The van der Waals surface area contributed by atoms with Crippen molar-refractivity contribution in [1.29, 1.82) is 0 Å². The van der Waals surface area contributed by atoms with Gasteiger partial charge in [0.15, 0.2) is 0 Å². The van der Waals surface area contributed by atoms with Gasteiger partial charge in [0.2, 0.25) is 0 Å². The van der Waals surface area contributed by atoms with E-state index in [1.165, 1.54) is 49.5 Å². The van der Waals surface area contributed by atoms with Crippen LogP contribution in [0.4, 0.5) is 0 Å². The molecule has 5 heteroatoms. The van der Waals surface area contributed by atoms with Gasteiger partial charge in [0, 0.05) is 4.91 Å². The SMILES string of the molecule is CC[N+]1(C)CCCCC1.O=S(=O)([O-])C1=CCCCC1. The predicted octanol–water partition coefficient (Wildman–Crippen LogP) is 2.63. The third-order valence-corrected chi connectivity index (χ3v) is 5.24. The second kappa shape index (κ2) is 7.41. The molecule has 1 saturated heterocycles. The lowest BCUT2D eigenvalue weighted by molar-refractivity contribution is -0.912. The maximum Gasteiger partial charge on any atom is 0.120 e. The van der Waals surface area contributed by atoms with Crippen LogP contribution in [0.2, 0.25) is 0 Å². The van der Waals surface area contributed by atoms with Gasteiger partial charge in [-0.05, 0) is 51.9 Å². The molecule has 112 valence electrons. The molecule has 1 aliphatic carbocycles. The van der Waals surface area contributed by atoms with Crippen molar-refractivity contribution < 1.29 is 17.5 Å². The topological polar surface area (TPSA) is 57.2 Å². The molecule has 0 aromatic heterocycles. The van der Waals surface area contributed by atoms with E-state index in [4.69, 9.17) is 0 Å². The number of hydrogen-bond acceptors (Lipinski definition) is 3. The summed E-state index contributed by atoms with van der Waals surface area (Å²) in [6.45, 7) is 6.44. The minimum Gasteiger partial charge on any atom is -0.744 e. The van der Waals surface area contributed by atoms with Gasteiger partial charge in [-0.1, -0.05) is 6.08 Å². The molecule has 0 unspecified atom stereocenters. The number of hydrogen-bond donors (Lipinski definition) is 0. The highest BCUT2D eigenvalue weighted by molar-refractivity contribution is 7.89. The van der Waals surface area contributed by atoms with Crippen LogP contribution in [0, 0.1) is 0 Å². The van der Waals surface area contributed by atoms with Crippen LogP contribution in [0.3, 0.4) is 0 Å². The van der Waals surface area contributed by atoms with E-state index >= 15 is 0 Å². The van der Waals surface area contributed by atoms with E-state index in [0.717, 1.165) is 19.3 Å². The highest BCUT2D eigenvalue weighted by Gasteiger charge is 2.21. The third-order valence-electron chi connectivity index (χ3n) is 4.23. The molecule has 19 heavy (non-hydrogen) atoms. The fourth-order valence-electron chi connectivity index (χ4n) is 2.63. The normalized spacial score (nSPS) is 23.0. The lowest BCUT2D eigenvalue weighted by Gasteiger charge is -2.36. The van der Waals surface area contributed by atoms with Crippen LogP contribution in [0.15, 0.2) is 11.0 Å². The van der Waals surface area contributed by atoms with Gasteiger partial charge < -0.3 is 9.04 Å². The Morgan fingerprint density at radius 2 is 1.79 bits per heavy atom. The van der Waals surface area contributed by atoms with Crippen molar-refractivity contribution in [2.75, 3.05) is 26.7 Å². The molecule has 0 spiro atoms. The largest absolute Gasteiger partial charge is 0.744 e. The van der Waals surface area contributed by atoms with Gasteiger partial charge in [0.1, 0.15) is 10.1 Å². The first-order chi connectivity index (χ1) is 8.87. The van der Waals surface area contributed by atoms with Crippen molar-refractivity contribution in [3.63, 3.8) is 0 Å². The second-order valence-electron chi connectivity index (χ2n) is 5.81. The van der Waals surface area contributed by atoms with Crippen molar-refractivity contribution >= 4 is 10.1 Å². The summed E-state index contributed by atoms with van der Waals surface area (Å²) in [5, 5.41) is 0. The predicted molar refractivity (Wildman–Crippen MR) is 76.6 cm³/mol. The van der Waals surface area contributed by atoms with Crippen molar-refractivity contribution in [3.8, 4) is 0 Å². The van der Waals surface area contributed by atoms with Gasteiger partial charge in [-0.15, -0.1) is 0 Å². The molecule has 1 aliphatic heterocycles. The second-order valence-corrected chi connectivity index (χ2v) is 7.25. The molecule has 0 amide bonds. The average Bonchev–Trinajstić information content (AvgIpc) is 2.40. The van der Waals surface area contributed by atoms with Crippen LogP contribution >= 0.6 is 0 Å². The first-order valence-corrected chi connectivity index (χ1v) is 8.77. The first-order valence-electron chi connectivity index (χ1n) is 7.36. The molecule has 2 rings (SSSR count). The van der Waals surface area contributed by atoms with Crippen LogP contribution in [-0.4, -0.2) is 44.1 Å². The molecule has 0 saturated carbocycles. The van der Waals surface area contributed by atoms with Gasteiger partial charge in [0.25, 0.3) is 0 Å². The number of likely N-dealkylation sites (tertiary alicyclic amines) is 1. The maximum absolute atomic E-state index is 10.4. The zero-order valence-electron chi connectivity index (χ0n) is 12.2. The lowest BCUT2D eigenvalue weighted by Crippen LogP contribution is -2.47. The van der Waals surface area contributed by atoms with E-state index in [9.17, 15) is 13.0 Å². The number of piperidine rings is 1. The van der Waals surface area contributed by atoms with Gasteiger partial charge >= 0.3 is 0 Å². The molecule has 1 fully saturated rings. The van der Waals surface area contributed by atoms with Crippen LogP contribution in [-0.2, 0) is 10.1 Å². The van der Waals surface area contributed by atoms with E-state index in [1.54, 1.807) is 0 Å². The van der Waals surface area contributed by atoms with E-state index in [0.29, 0.717) is 6.42 Å². The Morgan fingerprint density at radius 1 is 1.16 bits per heavy atom. The van der Waals surface area contributed by atoms with Crippen molar-refractivity contribution in [1.82, 2.24) is 0 Å². The van der Waals surface area contributed by atoms with Gasteiger partial charge in [-0.3, -0.25) is 0 Å². The molecular weight excluding hydrogens is 262 g/mol. The molecule has 0 aromatic carbocycles. The molecule has 0 N–H and O–H groups in total. The average molecular weight is 289 g/mol. The van der Waals surface area contributed by atoms with E-state index < -0.39 is 10.1 Å². The van der Waals surface area contributed by atoms with Crippen LogP contribution in [0.25, 0.3) is 0 Å². The Hall–Kier alpha value is -0.390. The number of rotatable bonds is 2. The van der Waals surface area contributed by atoms with E-state index in [2.05, 4.69) is 14.0 Å². The third kappa shape index (κ3) is 6.06. The zero-order chi connectivity index (χ0) is 14.4. The highest BCUT2D eigenvalue weighted by Crippen LogP contribution is 2.20. The molecular formula is C14H27NO3S. The number of quaternary nitrogens is 1. The zero-order valence-corrected chi connectivity index (χ0v) is 13.0. The van der Waals surface area contributed by atoms with Crippen molar-refractivity contribution in [3.05, 3.63) is 11.0 Å². The summed E-state index contributed by atoms with van der Waals surface area (Å²) in [6, 6.07) is 0. The van der Waals surface area contributed by atoms with Crippen LogP contribution in [0.1, 0.15) is 51.9 Å². The number of allylic oxidation sites excluding steroid dienone is 2. The molecule has 2 aliphatic rings. The smallest absolute Gasteiger partial charge is 0.120 e. The standard InChI is InChI=1S/C8H18N.C6H10O3S/c1-3-9(2)7-5-4-6-8-9;7-10(8,9)6-4-2-1-3-5-6/h3-8H2,1-2H3;4H,1-3,5H2,(H,7,8,9)/q+1;/p-1. The minimum absolute atomic E-state index is 0.0822. The summed E-state index contributed by atoms with van der Waals surface area (Å²) in [4.78, 5) is 0.0822. The molecule has 0 aromatic rings. The first kappa shape index (κ1) is 16.7. The summed E-state index contributed by atoms with van der Waals surface area (Å²) in [5.74, 6) is 0. The summed E-state index contributed by atoms with van der Waals surface area (Å²) in [5.41, 5.74) is 0. The molecule has 0 atom stereocenters. The van der Waals surface area contributed by atoms with Crippen molar-refractivity contribution in [2.45, 2.75) is 51.9 Å². The summed E-state index contributed by atoms with van der Waals surface area (Å²) in [7, 11) is -1.74. The highest BCUT2D eigenvalue weighted by atomic mass is 32.2. The number of nitrogens with zero attached hydrogens (tertiary/aromatic N) is 1. The minimum atomic E-state index is -4.11. The van der Waals surface area contributed by atoms with Crippen LogP contribution < -0.4 is 0 Å². The summed E-state index contributed by atoms with van der Waals surface area (Å²) in [6.07, 6.45) is 8.89. The Labute approximate surface area is 117 Å². The van der Waals surface area contributed by atoms with Crippen molar-refractivity contribution in [2.24, 2.45) is 0 Å². The molecule has 0 radical (unpaired) electrons. The van der Waals surface area contributed by atoms with Gasteiger partial charge in [0.05, 0.1) is 26.7 Å². The fraction of sp³-hybridized carbons (Fsp3) is 0.857. The Bertz CT molecular complexity index is 395. The Kier molecular flexibility index (Phi) is 6.50. The summed E-state index contributed by atoms with van der Waals surface area (Å²) >= 11 is 0. The monoisotopic (exact) mass is 289 g/mol. The molecule has 1 heterocycles. The van der Waals surface area contributed by atoms with Crippen LogP contribution in [0.5, 0.6) is 0 Å². The van der Waals surface area contributed by atoms with Gasteiger partial charge in [-0.25, -0.2) is 8.42 Å². The van der Waals surface area contributed by atoms with E-state index in [1.807, 2.05) is 0 Å². The maximum atomic E-state index is 10.4. The Morgan fingerprint density at radius 3 is 2.11 bits per heavy atom. The fourth-order valence-corrected chi connectivity index (χ4v) is 3.34. The van der Waals surface area contributed by atoms with E-state index in [-0.39, 0.29) is 4.91 Å². The molecule has 0 bridgehead atoms.